The van der Waals surface area contributed by atoms with E-state index < -0.39 is 0 Å². The van der Waals surface area contributed by atoms with Crippen LogP contribution in [0.25, 0.3) is 0 Å². The van der Waals surface area contributed by atoms with Gasteiger partial charge >= 0.3 is 0 Å². The molecule has 0 saturated carbocycles. The average Bonchev–Trinajstić information content (AvgIpc) is 2.67. The SMILES string of the molecule is CC[C@H](Br)[C@@H](C)CC=O.CC[C@H]1SC(O)C[C@@H]1C. The fourth-order valence-corrected chi connectivity index (χ4v) is 3.67. The van der Waals surface area contributed by atoms with Gasteiger partial charge in [-0.2, -0.15) is 0 Å². The molecule has 0 aliphatic carbocycles. The molecule has 0 radical (unpaired) electrons. The molecule has 1 rings (SSSR count). The third kappa shape index (κ3) is 7.15. The first-order valence-corrected chi connectivity index (χ1v) is 8.73. The summed E-state index contributed by atoms with van der Waals surface area (Å²) in [6, 6.07) is 0. The average molecular weight is 339 g/mol. The summed E-state index contributed by atoms with van der Waals surface area (Å²) in [5, 5.41) is 9.87. The molecule has 1 heterocycles. The van der Waals surface area contributed by atoms with Gasteiger partial charge in [0.1, 0.15) is 6.29 Å². The largest absolute Gasteiger partial charge is 0.382 e. The summed E-state index contributed by atoms with van der Waals surface area (Å²) in [6.07, 6.45) is 4.93. The highest BCUT2D eigenvalue weighted by Crippen LogP contribution is 2.38. The zero-order valence-electron chi connectivity index (χ0n) is 11.9. The first-order chi connectivity index (χ1) is 8.46. The van der Waals surface area contributed by atoms with Crippen molar-refractivity contribution in [3.05, 3.63) is 0 Å². The van der Waals surface area contributed by atoms with Crippen LogP contribution in [0.3, 0.4) is 0 Å². The molecule has 18 heavy (non-hydrogen) atoms. The van der Waals surface area contributed by atoms with Gasteiger partial charge in [0.2, 0.25) is 0 Å². The second kappa shape index (κ2) is 10.3. The quantitative estimate of drug-likeness (QED) is 0.601. The number of alkyl halides is 1. The van der Waals surface area contributed by atoms with E-state index in [4.69, 9.17) is 5.11 Å². The normalized spacial score (nSPS) is 30.2. The molecule has 1 aliphatic rings. The number of thioether (sulfide) groups is 1. The number of hydrogen-bond donors (Lipinski definition) is 1. The van der Waals surface area contributed by atoms with Crippen molar-refractivity contribution in [2.75, 3.05) is 0 Å². The summed E-state index contributed by atoms with van der Waals surface area (Å²) in [7, 11) is 0. The fraction of sp³-hybridized carbons (Fsp3) is 0.929. The second-order valence-electron chi connectivity index (χ2n) is 5.05. The summed E-state index contributed by atoms with van der Waals surface area (Å²) < 4.78 is 0. The predicted octanol–water partition coefficient (Wildman–Crippen LogP) is 4.24. The van der Waals surface area contributed by atoms with Crippen molar-refractivity contribution in [2.24, 2.45) is 11.8 Å². The Bertz CT molecular complexity index is 226. The summed E-state index contributed by atoms with van der Waals surface area (Å²) in [5.74, 6) is 1.20. The van der Waals surface area contributed by atoms with Crippen LogP contribution in [0, 0.1) is 11.8 Å². The summed E-state index contributed by atoms with van der Waals surface area (Å²) in [5.41, 5.74) is -0.0788. The van der Waals surface area contributed by atoms with Gasteiger partial charge in [0, 0.05) is 16.5 Å². The zero-order valence-corrected chi connectivity index (χ0v) is 14.3. The highest BCUT2D eigenvalue weighted by atomic mass is 79.9. The first kappa shape index (κ1) is 18.5. The summed E-state index contributed by atoms with van der Waals surface area (Å²) >= 11 is 5.21. The third-order valence-electron chi connectivity index (χ3n) is 3.42. The van der Waals surface area contributed by atoms with Crippen molar-refractivity contribution in [1.82, 2.24) is 0 Å². The summed E-state index contributed by atoms with van der Waals surface area (Å²) in [4.78, 5) is 10.5. The maximum atomic E-state index is 10.0. The van der Waals surface area contributed by atoms with Gasteiger partial charge in [0.25, 0.3) is 0 Å². The lowest BCUT2D eigenvalue weighted by molar-refractivity contribution is -0.108. The monoisotopic (exact) mass is 338 g/mol. The van der Waals surface area contributed by atoms with Crippen LogP contribution in [-0.2, 0) is 4.79 Å². The fourth-order valence-electron chi connectivity index (χ4n) is 2.06. The summed E-state index contributed by atoms with van der Waals surface area (Å²) in [6.45, 7) is 8.60. The number of carbonyl (C=O) groups excluding carboxylic acids is 1. The number of aliphatic hydroxyl groups excluding tert-OH is 1. The molecule has 1 aliphatic heterocycles. The molecule has 0 aromatic carbocycles. The lowest BCUT2D eigenvalue weighted by Gasteiger charge is -2.12. The van der Waals surface area contributed by atoms with E-state index in [9.17, 15) is 4.79 Å². The maximum absolute atomic E-state index is 10.0. The molecule has 108 valence electrons. The Labute approximate surface area is 124 Å². The molecule has 1 saturated heterocycles. The smallest absolute Gasteiger partial charge is 0.120 e. The first-order valence-electron chi connectivity index (χ1n) is 6.87. The Morgan fingerprint density at radius 1 is 1.50 bits per heavy atom. The second-order valence-corrected chi connectivity index (χ2v) is 7.65. The Morgan fingerprint density at radius 3 is 2.39 bits per heavy atom. The van der Waals surface area contributed by atoms with Gasteiger partial charge in [-0.15, -0.1) is 11.8 Å². The van der Waals surface area contributed by atoms with E-state index in [2.05, 4.69) is 43.6 Å². The van der Waals surface area contributed by atoms with Gasteiger partial charge in [-0.25, -0.2) is 0 Å². The number of aliphatic hydroxyl groups is 1. The van der Waals surface area contributed by atoms with E-state index >= 15 is 0 Å². The number of rotatable bonds is 5. The topological polar surface area (TPSA) is 37.3 Å². The molecule has 1 fully saturated rings. The molecular weight excluding hydrogens is 312 g/mol. The van der Waals surface area contributed by atoms with Gasteiger partial charge in [0.05, 0.1) is 5.44 Å². The lowest BCUT2D eigenvalue weighted by atomic mass is 10.0. The highest BCUT2D eigenvalue weighted by molar-refractivity contribution is 9.09. The minimum absolute atomic E-state index is 0.0788. The molecule has 0 aromatic heterocycles. The number of hydrogen-bond acceptors (Lipinski definition) is 3. The third-order valence-corrected chi connectivity index (χ3v) is 6.62. The van der Waals surface area contributed by atoms with Crippen LogP contribution in [0.1, 0.15) is 53.4 Å². The Balaban J connectivity index is 0.000000321. The Kier molecular flexibility index (Phi) is 10.5. The maximum Gasteiger partial charge on any atom is 0.120 e. The standard InChI is InChI=1S/C7H13BrO.C7H14OS/c1-3-7(8)6(2)4-5-9;1-3-6-5(2)4-7(8)9-6/h5-7H,3-4H2,1-2H3;5-8H,3-4H2,1-2H3/t6-,7-;5-,6+,7?/m00/s1. The van der Waals surface area contributed by atoms with Crippen molar-refractivity contribution >= 4 is 34.0 Å². The van der Waals surface area contributed by atoms with E-state index in [1.807, 2.05) is 0 Å². The van der Waals surface area contributed by atoms with Crippen LogP contribution in [0.4, 0.5) is 0 Å². The molecular formula is C14H27BrO2S. The van der Waals surface area contributed by atoms with E-state index in [1.54, 1.807) is 11.8 Å². The van der Waals surface area contributed by atoms with Crippen molar-refractivity contribution in [1.29, 1.82) is 0 Å². The number of aldehydes is 1. The van der Waals surface area contributed by atoms with Gasteiger partial charge < -0.3 is 9.90 Å². The molecule has 5 atom stereocenters. The molecule has 1 unspecified atom stereocenters. The van der Waals surface area contributed by atoms with Gasteiger partial charge in [-0.1, -0.05) is 43.6 Å². The number of carbonyl (C=O) groups is 1. The van der Waals surface area contributed by atoms with Crippen LogP contribution in [0.15, 0.2) is 0 Å². The van der Waals surface area contributed by atoms with Crippen LogP contribution < -0.4 is 0 Å². The van der Waals surface area contributed by atoms with Crippen LogP contribution in [-0.4, -0.2) is 26.9 Å². The zero-order chi connectivity index (χ0) is 14.1. The van der Waals surface area contributed by atoms with Gasteiger partial charge in [0.15, 0.2) is 0 Å². The van der Waals surface area contributed by atoms with Gasteiger partial charge in [-0.3, -0.25) is 0 Å². The van der Waals surface area contributed by atoms with Crippen LogP contribution in [0.5, 0.6) is 0 Å². The molecule has 0 aromatic rings. The lowest BCUT2D eigenvalue weighted by Crippen LogP contribution is -2.09. The minimum atomic E-state index is -0.0788. The highest BCUT2D eigenvalue weighted by Gasteiger charge is 2.28. The van der Waals surface area contributed by atoms with Gasteiger partial charge in [-0.05, 0) is 31.1 Å². The molecule has 0 bridgehead atoms. The van der Waals surface area contributed by atoms with E-state index in [0.717, 1.165) is 25.0 Å². The van der Waals surface area contributed by atoms with E-state index in [1.165, 1.54) is 6.42 Å². The molecule has 1 N–H and O–H groups in total. The van der Waals surface area contributed by atoms with Crippen molar-refractivity contribution in [3.8, 4) is 0 Å². The molecule has 4 heteroatoms. The van der Waals surface area contributed by atoms with E-state index in [-0.39, 0.29) is 5.44 Å². The van der Waals surface area contributed by atoms with Crippen molar-refractivity contribution < 1.29 is 9.90 Å². The van der Waals surface area contributed by atoms with Crippen LogP contribution >= 0.6 is 27.7 Å². The van der Waals surface area contributed by atoms with Crippen molar-refractivity contribution in [2.45, 2.75) is 68.9 Å². The molecule has 0 amide bonds. The van der Waals surface area contributed by atoms with Crippen molar-refractivity contribution in [3.63, 3.8) is 0 Å². The molecule has 2 nitrogen and oxygen atoms in total. The van der Waals surface area contributed by atoms with Crippen LogP contribution in [0.2, 0.25) is 0 Å². The Morgan fingerprint density at radius 2 is 2.11 bits per heavy atom. The van der Waals surface area contributed by atoms with E-state index in [0.29, 0.717) is 22.4 Å². The molecule has 0 spiro atoms. The minimum Gasteiger partial charge on any atom is -0.382 e. The Hall–Kier alpha value is 0.460. The predicted molar refractivity (Wildman–Crippen MR) is 84.3 cm³/mol. The number of halogens is 1.